The van der Waals surface area contributed by atoms with E-state index in [1.165, 1.54) is 37.1 Å². The number of hydrogen-bond acceptors (Lipinski definition) is 3. The van der Waals surface area contributed by atoms with Crippen LogP contribution in [0.25, 0.3) is 0 Å². The standard InChI is InChI=1S/C20H31N3O.2ClH/c1-15-6-5-9-23(13-15)14-18-8-4-3-7-17(18)12-22-20(24)16(2)19-10-21-11-19;;/h3-4,7-8,15-16,19,21H,5-6,9-14H2,1-2H3,(H,22,24);2*1H. The van der Waals surface area contributed by atoms with Gasteiger partial charge in [-0.25, -0.2) is 0 Å². The molecule has 1 amide bonds. The van der Waals surface area contributed by atoms with Crippen LogP contribution in [0.5, 0.6) is 0 Å². The van der Waals surface area contributed by atoms with E-state index in [0.717, 1.165) is 25.6 Å². The van der Waals surface area contributed by atoms with Crippen molar-refractivity contribution in [1.29, 1.82) is 0 Å². The van der Waals surface area contributed by atoms with Gasteiger partial charge < -0.3 is 10.6 Å². The minimum atomic E-state index is 0. The van der Waals surface area contributed by atoms with Gasteiger partial charge in [0, 0.05) is 25.6 Å². The second-order valence-corrected chi connectivity index (χ2v) is 7.68. The summed E-state index contributed by atoms with van der Waals surface area (Å²) in [6.45, 7) is 10.3. The highest BCUT2D eigenvalue weighted by molar-refractivity contribution is 5.85. The molecule has 0 aliphatic carbocycles. The highest BCUT2D eigenvalue weighted by Crippen LogP contribution is 2.20. The van der Waals surface area contributed by atoms with Gasteiger partial charge in [0.25, 0.3) is 0 Å². The van der Waals surface area contributed by atoms with Gasteiger partial charge >= 0.3 is 0 Å². The summed E-state index contributed by atoms with van der Waals surface area (Å²) in [5.74, 6) is 1.57. The zero-order valence-corrected chi connectivity index (χ0v) is 17.5. The minimum absolute atomic E-state index is 0. The predicted octanol–water partition coefficient (Wildman–Crippen LogP) is 3.23. The largest absolute Gasteiger partial charge is 0.352 e. The number of rotatable bonds is 6. The Morgan fingerprint density at radius 1 is 1.27 bits per heavy atom. The SMILES string of the molecule is CC1CCCN(Cc2ccccc2CNC(=O)C(C)C2CNC2)C1.Cl.Cl. The Morgan fingerprint density at radius 2 is 1.96 bits per heavy atom. The van der Waals surface area contributed by atoms with Crippen molar-refractivity contribution in [1.82, 2.24) is 15.5 Å². The topological polar surface area (TPSA) is 44.4 Å². The van der Waals surface area contributed by atoms with Crippen molar-refractivity contribution in [3.8, 4) is 0 Å². The third-order valence-electron chi connectivity index (χ3n) is 5.64. The lowest BCUT2D eigenvalue weighted by Gasteiger charge is -2.32. The molecular weight excluding hydrogens is 369 g/mol. The molecule has 148 valence electrons. The van der Waals surface area contributed by atoms with Crippen LogP contribution in [0, 0.1) is 17.8 Å². The molecule has 0 bridgehead atoms. The van der Waals surface area contributed by atoms with Gasteiger partial charge in [-0.1, -0.05) is 38.1 Å². The summed E-state index contributed by atoms with van der Waals surface area (Å²) in [6.07, 6.45) is 2.65. The zero-order chi connectivity index (χ0) is 16.9. The van der Waals surface area contributed by atoms with Gasteiger partial charge in [0.15, 0.2) is 0 Å². The number of hydrogen-bond donors (Lipinski definition) is 2. The fourth-order valence-electron chi connectivity index (χ4n) is 3.78. The number of carbonyl (C=O) groups is 1. The van der Waals surface area contributed by atoms with E-state index in [2.05, 4.69) is 46.7 Å². The number of nitrogens with zero attached hydrogens (tertiary/aromatic N) is 1. The average molecular weight is 402 g/mol. The number of nitrogens with one attached hydrogen (secondary N) is 2. The van der Waals surface area contributed by atoms with Crippen molar-refractivity contribution in [2.75, 3.05) is 26.2 Å². The Bertz CT molecular complexity index is 566. The van der Waals surface area contributed by atoms with E-state index in [1.807, 2.05) is 6.92 Å². The number of piperidine rings is 1. The first-order valence-electron chi connectivity index (χ1n) is 9.41. The van der Waals surface area contributed by atoms with Crippen molar-refractivity contribution < 1.29 is 4.79 Å². The molecule has 6 heteroatoms. The van der Waals surface area contributed by atoms with Crippen molar-refractivity contribution in [3.05, 3.63) is 35.4 Å². The van der Waals surface area contributed by atoms with Crippen LogP contribution in [-0.2, 0) is 17.9 Å². The van der Waals surface area contributed by atoms with E-state index in [1.54, 1.807) is 0 Å². The summed E-state index contributed by atoms with van der Waals surface area (Å²) >= 11 is 0. The van der Waals surface area contributed by atoms with E-state index in [9.17, 15) is 4.79 Å². The maximum absolute atomic E-state index is 12.3. The molecule has 2 unspecified atom stereocenters. The summed E-state index contributed by atoms with van der Waals surface area (Å²) in [5.41, 5.74) is 2.60. The Labute approximate surface area is 170 Å². The van der Waals surface area contributed by atoms with E-state index in [0.29, 0.717) is 12.5 Å². The lowest BCUT2D eigenvalue weighted by atomic mass is 9.88. The molecule has 3 rings (SSSR count). The Balaban J connectivity index is 0.00000169. The van der Waals surface area contributed by atoms with Gasteiger partial charge in [-0.2, -0.15) is 0 Å². The lowest BCUT2D eigenvalue weighted by Crippen LogP contribution is -2.49. The normalized spacial score (nSPS) is 21.7. The number of carbonyl (C=O) groups excluding carboxylic acids is 1. The molecule has 0 aromatic heterocycles. The monoisotopic (exact) mass is 401 g/mol. The van der Waals surface area contributed by atoms with Crippen molar-refractivity contribution >= 4 is 30.7 Å². The van der Waals surface area contributed by atoms with Crippen LogP contribution >= 0.6 is 24.8 Å². The minimum Gasteiger partial charge on any atom is -0.352 e. The van der Waals surface area contributed by atoms with Gasteiger partial charge in [-0.05, 0) is 55.4 Å². The quantitative estimate of drug-likeness (QED) is 0.768. The molecular formula is C20H33Cl2N3O. The first-order chi connectivity index (χ1) is 11.6. The fourth-order valence-corrected chi connectivity index (χ4v) is 3.78. The maximum atomic E-state index is 12.3. The smallest absolute Gasteiger partial charge is 0.223 e. The molecule has 2 atom stereocenters. The Morgan fingerprint density at radius 3 is 2.58 bits per heavy atom. The Hall–Kier alpha value is -0.810. The van der Waals surface area contributed by atoms with Crippen LogP contribution < -0.4 is 10.6 Å². The molecule has 2 heterocycles. The zero-order valence-electron chi connectivity index (χ0n) is 15.9. The molecule has 2 aliphatic heterocycles. The van der Waals surface area contributed by atoms with E-state index >= 15 is 0 Å². The van der Waals surface area contributed by atoms with E-state index in [4.69, 9.17) is 0 Å². The summed E-state index contributed by atoms with van der Waals surface area (Å²) in [5, 5.41) is 6.39. The summed E-state index contributed by atoms with van der Waals surface area (Å²) in [7, 11) is 0. The fraction of sp³-hybridized carbons (Fsp3) is 0.650. The second kappa shape index (κ2) is 11.1. The van der Waals surface area contributed by atoms with Gasteiger partial charge in [0.1, 0.15) is 0 Å². The molecule has 0 radical (unpaired) electrons. The summed E-state index contributed by atoms with van der Waals surface area (Å²) in [4.78, 5) is 14.9. The predicted molar refractivity (Wildman–Crippen MR) is 112 cm³/mol. The third-order valence-corrected chi connectivity index (χ3v) is 5.64. The van der Waals surface area contributed by atoms with Crippen LogP contribution in [0.15, 0.2) is 24.3 Å². The number of halogens is 2. The number of amides is 1. The van der Waals surface area contributed by atoms with Crippen LogP contribution in [0.1, 0.15) is 37.8 Å². The highest BCUT2D eigenvalue weighted by Gasteiger charge is 2.28. The first kappa shape index (κ1) is 23.2. The highest BCUT2D eigenvalue weighted by atomic mass is 35.5. The third kappa shape index (κ3) is 6.12. The molecule has 26 heavy (non-hydrogen) atoms. The second-order valence-electron chi connectivity index (χ2n) is 7.68. The summed E-state index contributed by atoms with van der Waals surface area (Å²) < 4.78 is 0. The molecule has 4 nitrogen and oxygen atoms in total. The van der Waals surface area contributed by atoms with Crippen molar-refractivity contribution in [3.63, 3.8) is 0 Å². The van der Waals surface area contributed by atoms with Crippen molar-refractivity contribution in [2.45, 2.75) is 39.8 Å². The summed E-state index contributed by atoms with van der Waals surface area (Å²) in [6, 6.07) is 8.54. The number of likely N-dealkylation sites (tertiary alicyclic amines) is 1. The lowest BCUT2D eigenvalue weighted by molar-refractivity contribution is -0.126. The van der Waals surface area contributed by atoms with E-state index in [-0.39, 0.29) is 36.6 Å². The van der Waals surface area contributed by atoms with Crippen LogP contribution in [0.2, 0.25) is 0 Å². The van der Waals surface area contributed by atoms with E-state index < -0.39 is 0 Å². The van der Waals surface area contributed by atoms with Gasteiger partial charge in [-0.15, -0.1) is 24.8 Å². The van der Waals surface area contributed by atoms with Gasteiger partial charge in [0.2, 0.25) is 5.91 Å². The molecule has 2 aliphatic rings. The molecule has 2 saturated heterocycles. The average Bonchev–Trinajstić information content (AvgIpc) is 2.52. The molecule has 2 N–H and O–H groups in total. The molecule has 1 aromatic rings. The van der Waals surface area contributed by atoms with Gasteiger partial charge in [-0.3, -0.25) is 9.69 Å². The Kier molecular flexibility index (Phi) is 9.94. The van der Waals surface area contributed by atoms with Crippen LogP contribution in [0.3, 0.4) is 0 Å². The van der Waals surface area contributed by atoms with Crippen LogP contribution in [-0.4, -0.2) is 37.0 Å². The van der Waals surface area contributed by atoms with Crippen LogP contribution in [0.4, 0.5) is 0 Å². The molecule has 0 saturated carbocycles. The molecule has 0 spiro atoms. The molecule has 2 fully saturated rings. The number of benzene rings is 1. The maximum Gasteiger partial charge on any atom is 0.223 e. The molecule has 1 aromatic carbocycles. The first-order valence-corrected chi connectivity index (χ1v) is 9.41. The van der Waals surface area contributed by atoms with Gasteiger partial charge in [0.05, 0.1) is 0 Å². The van der Waals surface area contributed by atoms with Crippen molar-refractivity contribution in [2.24, 2.45) is 17.8 Å².